The van der Waals surface area contributed by atoms with Gasteiger partial charge in [-0.05, 0) is 121 Å². The van der Waals surface area contributed by atoms with Gasteiger partial charge in [0.05, 0.1) is 44.0 Å². The predicted octanol–water partition coefficient (Wildman–Crippen LogP) is 4.75. The van der Waals surface area contributed by atoms with Crippen molar-refractivity contribution in [3.63, 3.8) is 0 Å². The van der Waals surface area contributed by atoms with Gasteiger partial charge in [-0.25, -0.2) is 8.78 Å². The van der Waals surface area contributed by atoms with Crippen molar-refractivity contribution in [3.8, 4) is 23.0 Å². The lowest BCUT2D eigenvalue weighted by Crippen LogP contribution is -2.53. The molecule has 0 saturated carbocycles. The molecule has 2 amide bonds. The largest absolute Gasteiger partial charge is 0.508 e. The lowest BCUT2D eigenvalue weighted by atomic mass is 10.1. The summed E-state index contributed by atoms with van der Waals surface area (Å²) < 4.78 is 40.3. The van der Waals surface area contributed by atoms with E-state index in [0.717, 1.165) is 65.6 Å². The van der Waals surface area contributed by atoms with Gasteiger partial charge in [-0.2, -0.15) is 9.59 Å². The molecular formula is C51H62F2N14O6. The maximum atomic E-state index is 13.1. The molecule has 2 fully saturated rings. The first-order valence-electron chi connectivity index (χ1n) is 24.0. The number of aryl methyl sites for hydroxylation is 2. The molecule has 0 bridgehead atoms. The van der Waals surface area contributed by atoms with Crippen LogP contribution in [0.4, 0.5) is 8.78 Å². The van der Waals surface area contributed by atoms with Crippen molar-refractivity contribution in [2.45, 2.75) is 66.0 Å². The number of phenolic OH excluding ortho intramolecular Hbond substituents is 1. The van der Waals surface area contributed by atoms with Crippen molar-refractivity contribution in [2.75, 3.05) is 72.9 Å². The van der Waals surface area contributed by atoms with Crippen molar-refractivity contribution in [3.05, 3.63) is 130 Å². The van der Waals surface area contributed by atoms with Gasteiger partial charge >= 0.3 is 0 Å². The van der Waals surface area contributed by atoms with Crippen LogP contribution < -0.4 is 14.2 Å². The van der Waals surface area contributed by atoms with Crippen molar-refractivity contribution < 1.29 is 37.7 Å². The molecule has 22 heteroatoms. The molecule has 0 spiro atoms. The van der Waals surface area contributed by atoms with E-state index in [1.165, 1.54) is 9.59 Å². The van der Waals surface area contributed by atoms with Gasteiger partial charge in [0.1, 0.15) is 49.6 Å². The van der Waals surface area contributed by atoms with Gasteiger partial charge in [-0.1, -0.05) is 12.1 Å². The first-order chi connectivity index (χ1) is 35.4. The smallest absolute Gasteiger partial charge is 0.246 e. The number of benzene rings is 2. The summed E-state index contributed by atoms with van der Waals surface area (Å²) in [6.45, 7) is 12.9. The molecule has 386 valence electrons. The van der Waals surface area contributed by atoms with Gasteiger partial charge in [0.25, 0.3) is 0 Å². The number of carbonyl (C=O) groups is 2. The monoisotopic (exact) mass is 1000 g/mol. The summed E-state index contributed by atoms with van der Waals surface area (Å²) in [4.78, 5) is 46.1. The molecule has 0 unspecified atom stereocenters. The van der Waals surface area contributed by atoms with E-state index in [1.807, 2.05) is 53.1 Å². The molecule has 2 saturated heterocycles. The quantitative estimate of drug-likeness (QED) is 0.109. The molecule has 2 atom stereocenters. The van der Waals surface area contributed by atoms with Crippen molar-refractivity contribution in [2.24, 2.45) is 0 Å². The Morgan fingerprint density at radius 2 is 1.11 bits per heavy atom. The van der Waals surface area contributed by atoms with E-state index < -0.39 is 13.3 Å². The number of hydrogen-bond acceptors (Lipinski definition) is 16. The van der Waals surface area contributed by atoms with Crippen molar-refractivity contribution >= 4 is 24.0 Å². The van der Waals surface area contributed by atoms with Crippen molar-refractivity contribution in [1.29, 1.82) is 0 Å². The van der Waals surface area contributed by atoms with E-state index in [-0.39, 0.29) is 42.9 Å². The van der Waals surface area contributed by atoms with Crippen LogP contribution >= 0.6 is 0 Å². The Hall–Kier alpha value is -7.72. The number of aromatic nitrogens is 10. The average molecular weight is 1000 g/mol. The SMILES string of the molecule is Cc1nnn(Cc2cc(O)ccc2/C=C/C(=O)N2CCN(Cc3ccc(OCCF)cn3)C[C@H]2C)n1.Cc1nnn(Cc2cc(O[11CH3])ccc2/C=C/C(=O)N2CCN(Cc3ccc(OCCF)cn3)C[C@H]2C)n1. The van der Waals surface area contributed by atoms with E-state index in [1.54, 1.807) is 81.9 Å². The standard InChI is InChI=1S/C26H32FN7O3.C25H30FN7O3/c1-19-16-32(18-23-6-8-25(15-28-23)37-13-10-27)11-12-33(19)26(35)9-5-21-4-7-24(36-3)14-22(21)17-34-30-20(2)29-31-34;1-18-15-31(17-22-5-7-24(14-27-22)36-12-9-26)10-11-32(18)25(35)8-4-20-3-6-23(34)13-21(20)16-33-29-19(2)28-30-33/h4-9,14-15,19H,10-13,16-18H2,1-3H3;3-8,13-14,18,34H,9-12,15-17H2,1-2H3/b9-5+;8-4+/t19-;18-/m11/s1/i3-1;. The van der Waals surface area contributed by atoms with E-state index >= 15 is 0 Å². The number of piperazine rings is 2. The van der Waals surface area contributed by atoms with Crippen molar-refractivity contribution in [1.82, 2.24) is 70.0 Å². The zero-order chi connectivity index (χ0) is 51.7. The molecule has 73 heavy (non-hydrogen) atoms. The minimum Gasteiger partial charge on any atom is -0.508 e. The number of rotatable bonds is 19. The van der Waals surface area contributed by atoms with Crippen LogP contribution in [0.25, 0.3) is 12.2 Å². The highest BCUT2D eigenvalue weighted by molar-refractivity contribution is 5.93. The number of halogens is 2. The Morgan fingerprint density at radius 3 is 1.52 bits per heavy atom. The van der Waals surface area contributed by atoms with Crippen LogP contribution in [0.3, 0.4) is 0 Å². The minimum absolute atomic E-state index is 0.0236. The molecule has 0 radical (unpaired) electrons. The summed E-state index contributed by atoms with van der Waals surface area (Å²) in [6.07, 6.45) is 10.0. The average Bonchev–Trinajstić information content (AvgIpc) is 4.00. The summed E-state index contributed by atoms with van der Waals surface area (Å²) >= 11 is 0. The van der Waals surface area contributed by atoms with Gasteiger partial charge in [0.15, 0.2) is 11.6 Å². The molecule has 6 heterocycles. The molecular weight excluding hydrogens is 942 g/mol. The highest BCUT2D eigenvalue weighted by atomic mass is 19.1. The number of tetrazole rings is 2. The van der Waals surface area contributed by atoms with Crippen LogP contribution in [0.15, 0.2) is 85.2 Å². The fourth-order valence-electron chi connectivity index (χ4n) is 8.46. The molecule has 2 aromatic carbocycles. The van der Waals surface area contributed by atoms with Gasteiger partial charge in [0.2, 0.25) is 11.8 Å². The lowest BCUT2D eigenvalue weighted by molar-refractivity contribution is -0.131. The number of alkyl halides is 2. The van der Waals surface area contributed by atoms with E-state index in [0.29, 0.717) is 62.4 Å². The number of phenols is 1. The minimum atomic E-state index is -0.534. The second kappa shape index (κ2) is 26.1. The number of pyridine rings is 2. The molecule has 1 N–H and O–H groups in total. The fourth-order valence-corrected chi connectivity index (χ4v) is 8.46. The summed E-state index contributed by atoms with van der Waals surface area (Å²) in [5.74, 6) is 3.02. The summed E-state index contributed by atoms with van der Waals surface area (Å²) in [5, 5.41) is 34.2. The maximum Gasteiger partial charge on any atom is 0.246 e. The zero-order valence-electron chi connectivity index (χ0n) is 41.8. The van der Waals surface area contributed by atoms with Gasteiger partial charge in [-0.15, -0.1) is 20.4 Å². The van der Waals surface area contributed by atoms with Gasteiger partial charge in [-0.3, -0.25) is 29.4 Å². The molecule has 20 nitrogen and oxygen atoms in total. The Bertz CT molecular complexity index is 2790. The van der Waals surface area contributed by atoms with E-state index in [9.17, 15) is 23.5 Å². The number of ether oxygens (including phenoxy) is 3. The second-order valence-corrected chi connectivity index (χ2v) is 17.6. The lowest BCUT2D eigenvalue weighted by Gasteiger charge is -2.39. The second-order valence-electron chi connectivity index (χ2n) is 17.6. The summed E-state index contributed by atoms with van der Waals surface area (Å²) in [5.41, 5.74) is 5.19. The van der Waals surface area contributed by atoms with Gasteiger partial charge in [0, 0.05) is 76.6 Å². The molecule has 2 aliphatic rings. The molecule has 2 aliphatic heterocycles. The first kappa shape index (κ1) is 53.1. The fraction of sp³-hybridized carbons (Fsp3) is 0.412. The topological polar surface area (TPSA) is 208 Å². The normalized spacial score (nSPS) is 16.4. The maximum absolute atomic E-state index is 13.1. The Balaban J connectivity index is 0.000000214. The third-order valence-corrected chi connectivity index (χ3v) is 12.1. The molecule has 4 aromatic heterocycles. The first-order valence-corrected chi connectivity index (χ1v) is 24.0. The highest BCUT2D eigenvalue weighted by Crippen LogP contribution is 2.23. The molecule has 0 aliphatic carbocycles. The third kappa shape index (κ3) is 15.6. The number of carbonyl (C=O) groups excluding carboxylic acids is 2. The zero-order valence-corrected chi connectivity index (χ0v) is 41.8. The molecule has 8 rings (SSSR count). The predicted molar refractivity (Wildman–Crippen MR) is 267 cm³/mol. The van der Waals surface area contributed by atoms with Crippen LogP contribution in [-0.4, -0.2) is 172 Å². The van der Waals surface area contributed by atoms with Crippen LogP contribution in [-0.2, 0) is 35.8 Å². The number of hydrogen-bond donors (Lipinski definition) is 1. The van der Waals surface area contributed by atoms with Crippen LogP contribution in [0.2, 0.25) is 0 Å². The van der Waals surface area contributed by atoms with Crippen LogP contribution in [0, 0.1) is 13.8 Å². The Kier molecular flexibility index (Phi) is 19.0. The number of methoxy groups -OCH3 is 1. The summed E-state index contributed by atoms with van der Waals surface area (Å²) in [6, 6.07) is 18.1. The number of nitrogens with zero attached hydrogens (tertiary/aromatic N) is 14. The van der Waals surface area contributed by atoms with E-state index in [2.05, 4.69) is 57.5 Å². The van der Waals surface area contributed by atoms with E-state index in [4.69, 9.17) is 14.2 Å². The highest BCUT2D eigenvalue weighted by Gasteiger charge is 2.28. The number of amides is 2. The third-order valence-electron chi connectivity index (χ3n) is 12.1. The van der Waals surface area contributed by atoms with Gasteiger partial charge < -0.3 is 29.1 Å². The summed E-state index contributed by atoms with van der Waals surface area (Å²) in [7, 11) is 1.62. The molecule has 6 aromatic rings. The Labute approximate surface area is 422 Å². The van der Waals surface area contributed by atoms with Crippen LogP contribution in [0.1, 0.15) is 59.1 Å². The Morgan fingerprint density at radius 1 is 0.644 bits per heavy atom. The number of aromatic hydroxyl groups is 1. The van der Waals surface area contributed by atoms with Crippen LogP contribution in [0.5, 0.6) is 23.0 Å².